The molecule has 0 unspecified atom stereocenters. The van der Waals surface area contributed by atoms with E-state index in [4.69, 9.17) is 4.99 Å². The Hall–Kier alpha value is -1.48. The molecular formula is C20H26ClN3. The van der Waals surface area contributed by atoms with Crippen molar-refractivity contribution < 1.29 is 0 Å². The molecule has 3 nitrogen and oxygen atoms in total. The fourth-order valence-corrected chi connectivity index (χ4v) is 5.73. The molecule has 2 aromatic rings. The van der Waals surface area contributed by atoms with E-state index in [9.17, 15) is 0 Å². The molecule has 0 amide bonds. The zero-order valence-electron chi connectivity index (χ0n) is 14.2. The lowest BCUT2D eigenvalue weighted by Crippen LogP contribution is -2.49. The van der Waals surface area contributed by atoms with Gasteiger partial charge in [0.1, 0.15) is 0 Å². The molecule has 0 saturated heterocycles. The van der Waals surface area contributed by atoms with Crippen LogP contribution in [-0.2, 0) is 0 Å². The molecule has 128 valence electrons. The highest BCUT2D eigenvalue weighted by atomic mass is 35.5. The van der Waals surface area contributed by atoms with Crippen LogP contribution in [0.3, 0.4) is 0 Å². The minimum Gasteiger partial charge on any atom is -0.360 e. The minimum atomic E-state index is 0. The van der Waals surface area contributed by atoms with E-state index in [-0.39, 0.29) is 17.9 Å². The van der Waals surface area contributed by atoms with Gasteiger partial charge in [0, 0.05) is 12.4 Å². The number of nitrogens with zero attached hydrogens (tertiary/aromatic N) is 1. The van der Waals surface area contributed by atoms with Crippen molar-refractivity contribution in [2.75, 3.05) is 0 Å². The van der Waals surface area contributed by atoms with Crippen molar-refractivity contribution in [3.05, 3.63) is 35.7 Å². The largest absolute Gasteiger partial charge is 0.360 e. The van der Waals surface area contributed by atoms with Crippen LogP contribution in [0.25, 0.3) is 11.4 Å². The summed E-state index contributed by atoms with van der Waals surface area (Å²) < 4.78 is 0. The normalized spacial score (nSPS) is 34.0. The van der Waals surface area contributed by atoms with E-state index in [2.05, 4.69) is 41.3 Å². The Bertz CT molecular complexity index is 719. The molecule has 4 bridgehead atoms. The second-order valence-electron chi connectivity index (χ2n) is 8.32. The minimum absolute atomic E-state index is 0. The number of aliphatic imine (C=N–C) groups is 1. The number of aromatic amines is 2. The summed E-state index contributed by atoms with van der Waals surface area (Å²) >= 11 is 0. The molecule has 0 aromatic carbocycles. The van der Waals surface area contributed by atoms with Gasteiger partial charge >= 0.3 is 0 Å². The number of nitrogens with one attached hydrogen (secondary N) is 2. The van der Waals surface area contributed by atoms with Crippen LogP contribution < -0.4 is 0 Å². The number of aryl methyl sites for hydroxylation is 1. The maximum absolute atomic E-state index is 5.13. The van der Waals surface area contributed by atoms with E-state index >= 15 is 0 Å². The molecule has 2 N–H and O–H groups in total. The molecular weight excluding hydrogens is 318 g/mol. The van der Waals surface area contributed by atoms with Gasteiger partial charge in [0.15, 0.2) is 0 Å². The van der Waals surface area contributed by atoms with Gasteiger partial charge in [-0.1, -0.05) is 0 Å². The van der Waals surface area contributed by atoms with Crippen molar-refractivity contribution >= 4 is 18.6 Å². The van der Waals surface area contributed by atoms with E-state index in [0.717, 1.165) is 34.8 Å². The first-order valence-corrected chi connectivity index (χ1v) is 9.07. The Kier molecular flexibility index (Phi) is 3.87. The Balaban J connectivity index is 0.00000146. The summed E-state index contributed by atoms with van der Waals surface area (Å²) in [4.78, 5) is 11.9. The number of H-pyrrole nitrogens is 2. The number of hydrogen-bond acceptors (Lipinski definition) is 1. The first-order valence-electron chi connectivity index (χ1n) is 9.07. The van der Waals surface area contributed by atoms with Crippen LogP contribution in [0, 0.1) is 24.7 Å². The third-order valence-electron chi connectivity index (χ3n) is 6.31. The first kappa shape index (κ1) is 16.0. The predicted octanol–water partition coefficient (Wildman–Crippen LogP) is 5.13. The van der Waals surface area contributed by atoms with Gasteiger partial charge in [-0.2, -0.15) is 0 Å². The van der Waals surface area contributed by atoms with Crippen molar-refractivity contribution in [2.24, 2.45) is 22.7 Å². The van der Waals surface area contributed by atoms with Crippen LogP contribution in [0.4, 0.5) is 0 Å². The van der Waals surface area contributed by atoms with Crippen molar-refractivity contribution in [1.29, 1.82) is 0 Å². The molecule has 4 aliphatic carbocycles. The molecule has 4 aliphatic rings. The third-order valence-corrected chi connectivity index (χ3v) is 6.31. The molecule has 4 heteroatoms. The average molecular weight is 344 g/mol. The van der Waals surface area contributed by atoms with Gasteiger partial charge in [0.05, 0.1) is 22.6 Å². The molecule has 0 spiro atoms. The smallest absolute Gasteiger partial charge is 0.0624 e. The summed E-state index contributed by atoms with van der Waals surface area (Å²) in [5, 5.41) is 0. The van der Waals surface area contributed by atoms with Gasteiger partial charge in [-0.3, -0.25) is 4.99 Å². The highest BCUT2D eigenvalue weighted by Crippen LogP contribution is 2.57. The quantitative estimate of drug-likeness (QED) is 0.726. The van der Waals surface area contributed by atoms with Crippen molar-refractivity contribution in [2.45, 2.75) is 51.0 Å². The van der Waals surface area contributed by atoms with Crippen LogP contribution in [0.2, 0.25) is 0 Å². The first-order chi connectivity index (χ1) is 11.2. The monoisotopic (exact) mass is 343 g/mol. The summed E-state index contributed by atoms with van der Waals surface area (Å²) in [7, 11) is 0. The van der Waals surface area contributed by atoms with Gasteiger partial charge < -0.3 is 9.97 Å². The lowest BCUT2D eigenvalue weighted by molar-refractivity contribution is 0.00194. The fourth-order valence-electron chi connectivity index (χ4n) is 5.73. The molecule has 0 atom stereocenters. The second kappa shape index (κ2) is 5.80. The van der Waals surface area contributed by atoms with Gasteiger partial charge in [0.2, 0.25) is 0 Å². The lowest BCUT2D eigenvalue weighted by Gasteiger charge is -2.54. The van der Waals surface area contributed by atoms with Gasteiger partial charge in [0.25, 0.3) is 0 Å². The van der Waals surface area contributed by atoms with Crippen molar-refractivity contribution in [3.8, 4) is 11.4 Å². The predicted molar refractivity (Wildman–Crippen MR) is 101 cm³/mol. The molecule has 0 aliphatic heterocycles. The Labute approximate surface area is 149 Å². The van der Waals surface area contributed by atoms with E-state index in [1.165, 1.54) is 44.1 Å². The number of aromatic nitrogens is 2. The van der Waals surface area contributed by atoms with Gasteiger partial charge in [-0.25, -0.2) is 0 Å². The van der Waals surface area contributed by atoms with Crippen LogP contribution >= 0.6 is 12.4 Å². The Morgan fingerprint density at radius 3 is 2.29 bits per heavy atom. The molecule has 4 saturated carbocycles. The zero-order chi connectivity index (χ0) is 15.4. The summed E-state index contributed by atoms with van der Waals surface area (Å²) in [6, 6.07) is 6.47. The van der Waals surface area contributed by atoms with E-state index in [1.54, 1.807) is 0 Å². The van der Waals surface area contributed by atoms with E-state index < -0.39 is 0 Å². The van der Waals surface area contributed by atoms with Gasteiger partial charge in [-0.15, -0.1) is 12.4 Å². The molecule has 24 heavy (non-hydrogen) atoms. The number of rotatable bonds is 3. The average Bonchev–Trinajstić information content (AvgIpc) is 3.12. The van der Waals surface area contributed by atoms with E-state index in [1.807, 2.05) is 6.20 Å². The van der Waals surface area contributed by atoms with Gasteiger partial charge in [-0.05, 0) is 87.0 Å². The van der Waals surface area contributed by atoms with Crippen molar-refractivity contribution in [3.63, 3.8) is 0 Å². The third kappa shape index (κ3) is 2.73. The van der Waals surface area contributed by atoms with Crippen LogP contribution in [0.5, 0.6) is 0 Å². The maximum Gasteiger partial charge on any atom is 0.0624 e. The highest BCUT2D eigenvalue weighted by Gasteiger charge is 2.50. The zero-order valence-corrected chi connectivity index (χ0v) is 15.0. The highest BCUT2D eigenvalue weighted by molar-refractivity contribution is 5.85. The molecule has 6 rings (SSSR count). The number of halogens is 1. The summed E-state index contributed by atoms with van der Waals surface area (Å²) in [6.45, 7) is 2.11. The van der Waals surface area contributed by atoms with Crippen molar-refractivity contribution in [1.82, 2.24) is 9.97 Å². The standard InChI is InChI=1S/C20H25N3.ClH/c1-13-4-19(21-11-13)18-3-2-17(23-18)12-22-20-8-14-5-15(9-20)7-16(6-14)10-20;/h2-4,11-12,14-16,21,23H,5-10H2,1H3;1H. The number of hydrogen-bond donors (Lipinski definition) is 2. The van der Waals surface area contributed by atoms with Crippen LogP contribution in [-0.4, -0.2) is 21.7 Å². The van der Waals surface area contributed by atoms with E-state index in [0.29, 0.717) is 0 Å². The fraction of sp³-hybridized carbons (Fsp3) is 0.550. The summed E-state index contributed by atoms with van der Waals surface area (Å²) in [5.41, 5.74) is 4.95. The van der Waals surface area contributed by atoms with Crippen LogP contribution in [0.1, 0.15) is 49.8 Å². The summed E-state index contributed by atoms with van der Waals surface area (Å²) in [5.74, 6) is 2.87. The summed E-state index contributed by atoms with van der Waals surface area (Å²) in [6.07, 6.45) is 12.6. The molecule has 0 radical (unpaired) electrons. The topological polar surface area (TPSA) is 43.9 Å². The molecule has 2 heterocycles. The van der Waals surface area contributed by atoms with Crippen LogP contribution in [0.15, 0.2) is 29.4 Å². The lowest BCUT2D eigenvalue weighted by atomic mass is 9.53. The maximum atomic E-state index is 5.13. The SMILES string of the molecule is Cc1c[nH]c(-c2ccc(C=NC34CC5CC(CC(C5)C3)C4)[nH]2)c1.Cl. The molecule has 4 fully saturated rings. The molecule has 2 aromatic heterocycles. The Morgan fingerprint density at radius 1 is 1.04 bits per heavy atom. The Morgan fingerprint density at radius 2 is 1.71 bits per heavy atom. The second-order valence-corrected chi connectivity index (χ2v) is 8.32.